The maximum Gasteiger partial charge on any atom is 0.152 e. The zero-order chi connectivity index (χ0) is 14.2. The van der Waals surface area contributed by atoms with Crippen LogP contribution in [0.15, 0.2) is 6.07 Å². The van der Waals surface area contributed by atoms with Gasteiger partial charge in [0.1, 0.15) is 5.82 Å². The van der Waals surface area contributed by atoms with E-state index in [0.717, 1.165) is 18.0 Å². The summed E-state index contributed by atoms with van der Waals surface area (Å²) >= 11 is 0. The van der Waals surface area contributed by atoms with Crippen molar-refractivity contribution >= 4 is 15.7 Å². The van der Waals surface area contributed by atoms with E-state index in [2.05, 4.69) is 5.10 Å². The van der Waals surface area contributed by atoms with Crippen molar-refractivity contribution in [2.75, 3.05) is 17.2 Å². The van der Waals surface area contributed by atoms with Gasteiger partial charge in [0.15, 0.2) is 9.84 Å². The average molecular weight is 297 g/mol. The number of nitrogens with zero attached hydrogens (tertiary/aromatic N) is 2. The summed E-state index contributed by atoms with van der Waals surface area (Å²) < 4.78 is 24.9. The smallest absolute Gasteiger partial charge is 0.152 e. The minimum Gasteiger partial charge on any atom is -0.384 e. The third kappa shape index (κ3) is 3.00. The second-order valence-electron chi connectivity index (χ2n) is 6.27. The van der Waals surface area contributed by atoms with Gasteiger partial charge in [-0.2, -0.15) is 5.10 Å². The lowest BCUT2D eigenvalue weighted by atomic mass is 9.86. The van der Waals surface area contributed by atoms with Crippen molar-refractivity contribution < 1.29 is 8.42 Å². The Labute approximate surface area is 120 Å². The molecular weight excluding hydrogens is 274 g/mol. The van der Waals surface area contributed by atoms with Crippen LogP contribution in [0.4, 0.5) is 5.82 Å². The number of sulfone groups is 1. The monoisotopic (exact) mass is 297 g/mol. The number of anilines is 1. The van der Waals surface area contributed by atoms with E-state index in [1.807, 2.05) is 6.07 Å². The first-order chi connectivity index (χ1) is 9.53. The van der Waals surface area contributed by atoms with Crippen LogP contribution in [0.5, 0.6) is 0 Å². The predicted molar refractivity (Wildman–Crippen MR) is 79.2 cm³/mol. The fourth-order valence-corrected chi connectivity index (χ4v) is 5.20. The van der Waals surface area contributed by atoms with E-state index in [4.69, 9.17) is 5.73 Å². The van der Waals surface area contributed by atoms with Crippen LogP contribution in [0.1, 0.15) is 50.3 Å². The van der Waals surface area contributed by atoms with Crippen LogP contribution >= 0.6 is 0 Å². The summed E-state index contributed by atoms with van der Waals surface area (Å²) in [5, 5.41) is 4.58. The fraction of sp³-hybridized carbons (Fsp3) is 0.786. The molecule has 1 unspecified atom stereocenters. The highest BCUT2D eigenvalue weighted by molar-refractivity contribution is 7.91. The van der Waals surface area contributed by atoms with E-state index < -0.39 is 9.84 Å². The Hall–Kier alpha value is -1.04. The number of hydrogen-bond acceptors (Lipinski definition) is 4. The zero-order valence-electron chi connectivity index (χ0n) is 11.8. The van der Waals surface area contributed by atoms with Crippen molar-refractivity contribution in [1.82, 2.24) is 9.78 Å². The molecule has 112 valence electrons. The first kappa shape index (κ1) is 13.9. The molecule has 20 heavy (non-hydrogen) atoms. The van der Waals surface area contributed by atoms with Gasteiger partial charge in [-0.05, 0) is 18.8 Å². The van der Waals surface area contributed by atoms with Gasteiger partial charge in [0.2, 0.25) is 0 Å². The standard InChI is InChI=1S/C14H23N3O2S/c15-14-9-12(8-11-4-2-1-3-5-11)16-17(14)13-6-7-20(18,19)10-13/h9,11,13H,1-8,10,15H2. The lowest BCUT2D eigenvalue weighted by Crippen LogP contribution is -2.15. The Morgan fingerprint density at radius 1 is 1.25 bits per heavy atom. The molecule has 1 aliphatic carbocycles. The third-order valence-electron chi connectivity index (χ3n) is 4.59. The maximum atomic E-state index is 11.6. The Kier molecular flexibility index (Phi) is 3.75. The van der Waals surface area contributed by atoms with Gasteiger partial charge >= 0.3 is 0 Å². The van der Waals surface area contributed by atoms with Crippen LogP contribution in [-0.2, 0) is 16.3 Å². The molecule has 0 spiro atoms. The van der Waals surface area contributed by atoms with E-state index in [1.165, 1.54) is 32.1 Å². The van der Waals surface area contributed by atoms with Gasteiger partial charge in [-0.3, -0.25) is 0 Å². The van der Waals surface area contributed by atoms with E-state index in [1.54, 1.807) is 4.68 Å². The molecule has 3 rings (SSSR count). The van der Waals surface area contributed by atoms with E-state index in [9.17, 15) is 8.42 Å². The quantitative estimate of drug-likeness (QED) is 0.925. The molecule has 6 heteroatoms. The highest BCUT2D eigenvalue weighted by Gasteiger charge is 2.31. The molecule has 5 nitrogen and oxygen atoms in total. The normalized spacial score (nSPS) is 26.9. The molecule has 0 bridgehead atoms. The highest BCUT2D eigenvalue weighted by Crippen LogP contribution is 2.29. The lowest BCUT2D eigenvalue weighted by Gasteiger charge is -2.20. The molecule has 2 fully saturated rings. The number of aromatic nitrogens is 2. The Morgan fingerprint density at radius 2 is 2.00 bits per heavy atom. The molecular formula is C14H23N3O2S. The van der Waals surface area contributed by atoms with Crippen molar-refractivity contribution in [2.45, 2.75) is 51.0 Å². The topological polar surface area (TPSA) is 78.0 Å². The molecule has 1 saturated heterocycles. The summed E-state index contributed by atoms with van der Waals surface area (Å²) in [7, 11) is -2.89. The molecule has 0 amide bonds. The van der Waals surface area contributed by atoms with Gasteiger partial charge in [-0.1, -0.05) is 32.1 Å². The van der Waals surface area contributed by atoms with Crippen molar-refractivity contribution in [2.24, 2.45) is 5.92 Å². The van der Waals surface area contributed by atoms with Gasteiger partial charge in [0.25, 0.3) is 0 Å². The van der Waals surface area contributed by atoms with E-state index in [-0.39, 0.29) is 17.5 Å². The minimum absolute atomic E-state index is 0.0693. The molecule has 1 atom stereocenters. The van der Waals surface area contributed by atoms with Crippen molar-refractivity contribution in [3.8, 4) is 0 Å². The molecule has 1 saturated carbocycles. The molecule has 2 N–H and O–H groups in total. The largest absolute Gasteiger partial charge is 0.384 e. The lowest BCUT2D eigenvalue weighted by molar-refractivity contribution is 0.352. The van der Waals surface area contributed by atoms with Gasteiger partial charge in [-0.15, -0.1) is 0 Å². The highest BCUT2D eigenvalue weighted by atomic mass is 32.2. The van der Waals surface area contributed by atoms with Gasteiger partial charge in [-0.25, -0.2) is 13.1 Å². The van der Waals surface area contributed by atoms with Crippen LogP contribution < -0.4 is 5.73 Å². The second kappa shape index (κ2) is 5.39. The third-order valence-corrected chi connectivity index (χ3v) is 6.34. The molecule has 1 aromatic heterocycles. The van der Waals surface area contributed by atoms with Gasteiger partial charge in [0, 0.05) is 6.07 Å². The van der Waals surface area contributed by atoms with E-state index in [0.29, 0.717) is 12.2 Å². The van der Waals surface area contributed by atoms with Crippen LogP contribution in [0, 0.1) is 5.92 Å². The van der Waals surface area contributed by atoms with Crippen LogP contribution in [-0.4, -0.2) is 29.7 Å². The number of nitrogens with two attached hydrogens (primary N) is 1. The minimum atomic E-state index is -2.89. The predicted octanol–water partition coefficient (Wildman–Crippen LogP) is 1.95. The Morgan fingerprint density at radius 3 is 2.65 bits per heavy atom. The number of hydrogen-bond donors (Lipinski definition) is 1. The SMILES string of the molecule is Nc1cc(CC2CCCCC2)nn1C1CCS(=O)(=O)C1. The molecule has 2 aliphatic rings. The zero-order valence-corrected chi connectivity index (χ0v) is 12.6. The van der Waals surface area contributed by atoms with Gasteiger partial charge in [0.05, 0.1) is 23.2 Å². The van der Waals surface area contributed by atoms with Gasteiger partial charge < -0.3 is 5.73 Å². The summed E-state index contributed by atoms with van der Waals surface area (Å²) in [5.41, 5.74) is 7.05. The first-order valence-electron chi connectivity index (χ1n) is 7.58. The van der Waals surface area contributed by atoms with Crippen LogP contribution in [0.3, 0.4) is 0 Å². The summed E-state index contributed by atoms with van der Waals surface area (Å²) in [6.45, 7) is 0. The molecule has 1 aliphatic heterocycles. The summed E-state index contributed by atoms with van der Waals surface area (Å²) in [5.74, 6) is 1.77. The average Bonchev–Trinajstić information content (AvgIpc) is 2.93. The molecule has 0 aromatic carbocycles. The Balaban J connectivity index is 1.71. The fourth-order valence-electron chi connectivity index (χ4n) is 3.51. The molecule has 1 aromatic rings. The maximum absolute atomic E-state index is 11.6. The van der Waals surface area contributed by atoms with Crippen molar-refractivity contribution in [1.29, 1.82) is 0 Å². The van der Waals surface area contributed by atoms with Crippen molar-refractivity contribution in [3.05, 3.63) is 11.8 Å². The van der Waals surface area contributed by atoms with Crippen LogP contribution in [0.25, 0.3) is 0 Å². The van der Waals surface area contributed by atoms with Crippen molar-refractivity contribution in [3.63, 3.8) is 0 Å². The summed E-state index contributed by atoms with van der Waals surface area (Å²) in [4.78, 5) is 0. The number of nitrogen functional groups attached to an aromatic ring is 1. The Bertz CT molecular complexity index is 573. The summed E-state index contributed by atoms with van der Waals surface area (Å²) in [6.07, 6.45) is 8.18. The van der Waals surface area contributed by atoms with Crippen LogP contribution in [0.2, 0.25) is 0 Å². The number of rotatable bonds is 3. The molecule has 2 heterocycles. The van der Waals surface area contributed by atoms with E-state index >= 15 is 0 Å². The first-order valence-corrected chi connectivity index (χ1v) is 9.40. The summed E-state index contributed by atoms with van der Waals surface area (Å²) in [6, 6.07) is 1.86. The molecule has 0 radical (unpaired) electrons. The second-order valence-corrected chi connectivity index (χ2v) is 8.50.